The Morgan fingerprint density at radius 2 is 1.74 bits per heavy atom. The number of aromatic hydroxyl groups is 1. The molecule has 4 rings (SSSR count). The highest BCUT2D eigenvalue weighted by Crippen LogP contribution is 2.31. The number of amides is 3. The molecule has 3 amide bonds. The summed E-state index contributed by atoms with van der Waals surface area (Å²) in [4.78, 5) is 47.8. The normalized spacial score (nSPS) is 15.4. The number of anilines is 2. The number of para-hydroxylation sites is 1. The first-order valence-electron chi connectivity index (χ1n) is 14.3. The van der Waals surface area contributed by atoms with Gasteiger partial charge in [-0.05, 0) is 82.5 Å². The van der Waals surface area contributed by atoms with E-state index in [2.05, 4.69) is 48.2 Å². The Bertz CT molecular complexity index is 1400. The number of aromatic nitrogens is 1. The van der Waals surface area contributed by atoms with E-state index >= 15 is 0 Å². The Balaban J connectivity index is 1.43. The lowest BCUT2D eigenvalue weighted by Gasteiger charge is -2.36. The zero-order chi connectivity index (χ0) is 30.4. The molecule has 1 atom stereocenters. The fourth-order valence-electron chi connectivity index (χ4n) is 5.37. The molecule has 1 unspecified atom stereocenters. The number of halogens is 1. The second-order valence-corrected chi connectivity index (χ2v) is 11.5. The molecule has 42 heavy (non-hydrogen) atoms. The summed E-state index contributed by atoms with van der Waals surface area (Å²) >= 11 is 5.86. The Kier molecular flexibility index (Phi) is 10.2. The molecule has 1 aliphatic heterocycles. The Morgan fingerprint density at radius 1 is 1.02 bits per heavy atom. The van der Waals surface area contributed by atoms with E-state index in [9.17, 15) is 19.5 Å². The maximum atomic E-state index is 13.4. The third-order valence-corrected chi connectivity index (χ3v) is 7.78. The molecule has 1 fully saturated rings. The average Bonchev–Trinajstić information content (AvgIpc) is 2.96. The molecule has 3 N–H and O–H groups in total. The minimum atomic E-state index is -0.559. The van der Waals surface area contributed by atoms with Crippen LogP contribution in [-0.2, 0) is 4.79 Å². The molecule has 0 radical (unpaired) electrons. The SMILES string of the molecule is CC(C)N(CCN1CCCC(c2ccc(C(=O)Nc3c(O)cccc3C(=O)Nc3ccc(Cl)cn3)cc2)C1=O)C(C)C. The molecule has 0 saturated carbocycles. The standard InChI is InChI=1S/C32H38ClN5O4/c1-20(2)38(21(3)4)18-17-37-16-6-8-25(32(37)42)22-10-12-23(13-11-22)30(40)36-29-26(7-5-9-27(29)39)31(41)35-28-15-14-24(33)19-34-28/h5,7,9-15,19-21,25,39H,6,8,16-18H2,1-4H3,(H,36,40)(H,34,35,41). The first-order chi connectivity index (χ1) is 20.0. The maximum Gasteiger partial charge on any atom is 0.259 e. The fraction of sp³-hybridized carbons (Fsp3) is 0.375. The van der Waals surface area contributed by atoms with Crippen LogP contribution in [0.2, 0.25) is 5.02 Å². The van der Waals surface area contributed by atoms with Crippen molar-refractivity contribution in [1.29, 1.82) is 0 Å². The van der Waals surface area contributed by atoms with E-state index in [1.807, 2.05) is 4.90 Å². The average molecular weight is 592 g/mol. The summed E-state index contributed by atoms with van der Waals surface area (Å²) in [7, 11) is 0. The smallest absolute Gasteiger partial charge is 0.259 e. The molecule has 10 heteroatoms. The molecule has 1 aliphatic rings. The van der Waals surface area contributed by atoms with E-state index in [0.29, 0.717) is 29.2 Å². The van der Waals surface area contributed by atoms with Gasteiger partial charge in [-0.3, -0.25) is 19.3 Å². The molecule has 3 aromatic rings. The van der Waals surface area contributed by atoms with Crippen molar-refractivity contribution in [2.45, 2.75) is 58.5 Å². The number of hydrogen-bond donors (Lipinski definition) is 3. The molecule has 9 nitrogen and oxygen atoms in total. The molecule has 2 heterocycles. The van der Waals surface area contributed by atoms with Gasteiger partial charge in [0.2, 0.25) is 5.91 Å². The van der Waals surface area contributed by atoms with E-state index in [1.165, 1.54) is 24.4 Å². The molecule has 0 aliphatic carbocycles. The van der Waals surface area contributed by atoms with Crippen molar-refractivity contribution in [2.75, 3.05) is 30.3 Å². The third-order valence-electron chi connectivity index (χ3n) is 7.56. The summed E-state index contributed by atoms with van der Waals surface area (Å²) in [5.74, 6) is -1.17. The zero-order valence-electron chi connectivity index (χ0n) is 24.4. The number of likely N-dealkylation sites (tertiary alicyclic amines) is 1. The van der Waals surface area contributed by atoms with Crippen LogP contribution in [0.4, 0.5) is 11.5 Å². The number of carbonyl (C=O) groups is 3. The van der Waals surface area contributed by atoms with Gasteiger partial charge in [-0.25, -0.2) is 4.98 Å². The van der Waals surface area contributed by atoms with Crippen molar-refractivity contribution in [3.63, 3.8) is 0 Å². The summed E-state index contributed by atoms with van der Waals surface area (Å²) in [6, 6.07) is 15.3. The van der Waals surface area contributed by atoms with Crippen LogP contribution in [0.15, 0.2) is 60.8 Å². The van der Waals surface area contributed by atoms with Gasteiger partial charge in [-0.1, -0.05) is 29.8 Å². The number of nitrogens with one attached hydrogen (secondary N) is 2. The highest BCUT2D eigenvalue weighted by atomic mass is 35.5. The lowest BCUT2D eigenvalue weighted by molar-refractivity contribution is -0.135. The van der Waals surface area contributed by atoms with Crippen molar-refractivity contribution < 1.29 is 19.5 Å². The van der Waals surface area contributed by atoms with E-state index in [4.69, 9.17) is 11.6 Å². The van der Waals surface area contributed by atoms with Gasteiger partial charge in [0.1, 0.15) is 11.6 Å². The summed E-state index contributed by atoms with van der Waals surface area (Å²) in [5.41, 5.74) is 1.24. The molecule has 0 bridgehead atoms. The zero-order valence-corrected chi connectivity index (χ0v) is 25.2. The van der Waals surface area contributed by atoms with Crippen molar-refractivity contribution in [2.24, 2.45) is 0 Å². The van der Waals surface area contributed by atoms with Crippen LogP contribution in [0.3, 0.4) is 0 Å². The Morgan fingerprint density at radius 3 is 2.38 bits per heavy atom. The van der Waals surface area contributed by atoms with Gasteiger partial charge in [-0.15, -0.1) is 0 Å². The minimum absolute atomic E-state index is 0.0204. The number of phenols is 1. The first-order valence-corrected chi connectivity index (χ1v) is 14.6. The highest BCUT2D eigenvalue weighted by Gasteiger charge is 2.30. The monoisotopic (exact) mass is 591 g/mol. The lowest BCUT2D eigenvalue weighted by Crippen LogP contribution is -2.47. The molecule has 1 aromatic heterocycles. The van der Waals surface area contributed by atoms with Crippen LogP contribution in [0, 0.1) is 0 Å². The van der Waals surface area contributed by atoms with Crippen LogP contribution in [0.5, 0.6) is 5.75 Å². The quantitative estimate of drug-likeness (QED) is 0.258. The highest BCUT2D eigenvalue weighted by molar-refractivity contribution is 6.30. The summed E-state index contributed by atoms with van der Waals surface area (Å²) in [6.45, 7) is 11.0. The van der Waals surface area contributed by atoms with Gasteiger partial charge in [0.15, 0.2) is 0 Å². The van der Waals surface area contributed by atoms with Gasteiger partial charge >= 0.3 is 0 Å². The van der Waals surface area contributed by atoms with Crippen molar-refractivity contribution in [3.05, 3.63) is 82.5 Å². The van der Waals surface area contributed by atoms with Crippen molar-refractivity contribution >= 4 is 40.8 Å². The van der Waals surface area contributed by atoms with E-state index < -0.39 is 11.8 Å². The van der Waals surface area contributed by atoms with Gasteiger partial charge in [0, 0.05) is 43.5 Å². The number of pyridine rings is 1. The molecular formula is C32H38ClN5O4. The van der Waals surface area contributed by atoms with E-state index in [0.717, 1.165) is 31.5 Å². The van der Waals surface area contributed by atoms with Crippen LogP contribution in [0.1, 0.15) is 72.7 Å². The van der Waals surface area contributed by atoms with Crippen molar-refractivity contribution in [1.82, 2.24) is 14.8 Å². The van der Waals surface area contributed by atoms with Gasteiger partial charge < -0.3 is 20.6 Å². The predicted octanol–water partition coefficient (Wildman–Crippen LogP) is 5.77. The second-order valence-electron chi connectivity index (χ2n) is 11.0. The van der Waals surface area contributed by atoms with Crippen LogP contribution in [0.25, 0.3) is 0 Å². The summed E-state index contributed by atoms with van der Waals surface area (Å²) < 4.78 is 0. The topological polar surface area (TPSA) is 115 Å². The number of benzene rings is 2. The van der Waals surface area contributed by atoms with Crippen molar-refractivity contribution in [3.8, 4) is 5.75 Å². The van der Waals surface area contributed by atoms with Crippen LogP contribution in [-0.4, -0.2) is 69.3 Å². The minimum Gasteiger partial charge on any atom is -0.506 e. The van der Waals surface area contributed by atoms with E-state index in [1.54, 1.807) is 36.4 Å². The summed E-state index contributed by atoms with van der Waals surface area (Å²) in [6.07, 6.45) is 3.08. The first kappa shape index (κ1) is 31.0. The molecule has 0 spiro atoms. The van der Waals surface area contributed by atoms with Gasteiger partial charge in [-0.2, -0.15) is 0 Å². The van der Waals surface area contributed by atoms with E-state index in [-0.39, 0.29) is 34.6 Å². The Hall–Kier alpha value is -3.95. The second kappa shape index (κ2) is 13.8. The lowest BCUT2D eigenvalue weighted by atomic mass is 9.89. The van der Waals surface area contributed by atoms with Gasteiger partial charge in [0.05, 0.1) is 22.2 Å². The fourth-order valence-corrected chi connectivity index (χ4v) is 5.48. The third kappa shape index (κ3) is 7.46. The number of nitrogens with zero attached hydrogens (tertiary/aromatic N) is 3. The van der Waals surface area contributed by atoms with Crippen LogP contribution < -0.4 is 10.6 Å². The molecule has 2 aromatic carbocycles. The maximum absolute atomic E-state index is 13.4. The number of hydrogen-bond acceptors (Lipinski definition) is 6. The number of phenolic OH excluding ortho intramolecular Hbond substituents is 1. The molecule has 1 saturated heterocycles. The Labute approximate surface area is 251 Å². The molecule has 222 valence electrons. The summed E-state index contributed by atoms with van der Waals surface area (Å²) in [5, 5.41) is 16.2. The largest absolute Gasteiger partial charge is 0.506 e. The number of carbonyl (C=O) groups excluding carboxylic acids is 3. The molecular weight excluding hydrogens is 554 g/mol. The van der Waals surface area contributed by atoms with Crippen LogP contribution >= 0.6 is 11.6 Å². The predicted molar refractivity (Wildman–Crippen MR) is 165 cm³/mol. The number of piperidine rings is 1. The number of rotatable bonds is 10. The van der Waals surface area contributed by atoms with Gasteiger partial charge in [0.25, 0.3) is 11.8 Å².